The van der Waals surface area contributed by atoms with Crippen LogP contribution in [0.4, 0.5) is 0 Å². The largest absolute Gasteiger partial charge is 0.358 e. The summed E-state index contributed by atoms with van der Waals surface area (Å²) < 4.78 is 0. The molecule has 3 aromatic rings. The number of carbonyl (C=O) groups is 3. The standard InChI is InChI=1S/C19H14N2O4/c1-11-15(12-6-4-5-9-16(12)20-11)10-17(22)25-21-18(23)13-7-2-3-8-14(13)19(21)24/h2-9,20H,10H2,1H3. The lowest BCUT2D eigenvalue weighted by Crippen LogP contribution is -2.33. The number of benzene rings is 2. The number of para-hydroxylation sites is 1. The Hall–Kier alpha value is -3.41. The molecule has 0 unspecified atom stereocenters. The topological polar surface area (TPSA) is 79.5 Å². The van der Waals surface area contributed by atoms with Crippen LogP contribution in [0.3, 0.4) is 0 Å². The molecule has 0 saturated heterocycles. The first-order chi connectivity index (χ1) is 12.1. The molecule has 0 bridgehead atoms. The van der Waals surface area contributed by atoms with Crippen molar-refractivity contribution in [2.45, 2.75) is 13.3 Å². The minimum atomic E-state index is -0.664. The molecule has 4 rings (SSSR count). The third-order valence-corrected chi connectivity index (χ3v) is 4.30. The lowest BCUT2D eigenvalue weighted by atomic mass is 10.1. The molecular weight excluding hydrogens is 320 g/mol. The molecule has 2 amide bonds. The Kier molecular flexibility index (Phi) is 3.39. The van der Waals surface area contributed by atoms with Crippen molar-refractivity contribution in [3.05, 3.63) is 70.9 Å². The molecule has 0 atom stereocenters. The van der Waals surface area contributed by atoms with Gasteiger partial charge in [0.1, 0.15) is 0 Å². The predicted octanol–water partition coefficient (Wildman–Crippen LogP) is 2.77. The van der Waals surface area contributed by atoms with Gasteiger partial charge in [-0.2, -0.15) is 0 Å². The van der Waals surface area contributed by atoms with Gasteiger partial charge in [0.15, 0.2) is 0 Å². The van der Waals surface area contributed by atoms with E-state index in [4.69, 9.17) is 4.84 Å². The molecule has 0 spiro atoms. The fraction of sp³-hybridized carbons (Fsp3) is 0.105. The van der Waals surface area contributed by atoms with E-state index in [2.05, 4.69) is 4.98 Å². The Morgan fingerprint density at radius 1 is 1.00 bits per heavy atom. The van der Waals surface area contributed by atoms with Gasteiger partial charge < -0.3 is 9.82 Å². The van der Waals surface area contributed by atoms with Crippen LogP contribution in [-0.2, 0) is 16.1 Å². The quantitative estimate of drug-likeness (QED) is 0.747. The summed E-state index contributed by atoms with van der Waals surface area (Å²) in [6, 6.07) is 14.0. The van der Waals surface area contributed by atoms with E-state index >= 15 is 0 Å². The van der Waals surface area contributed by atoms with E-state index in [1.54, 1.807) is 12.1 Å². The summed E-state index contributed by atoms with van der Waals surface area (Å²) in [7, 11) is 0. The number of hydroxylamine groups is 2. The Bertz CT molecular complexity index is 1000. The summed E-state index contributed by atoms with van der Waals surface area (Å²) in [5.41, 5.74) is 3.04. The lowest BCUT2D eigenvalue weighted by Gasteiger charge is -2.12. The van der Waals surface area contributed by atoms with Crippen molar-refractivity contribution in [2.75, 3.05) is 0 Å². The van der Waals surface area contributed by atoms with Gasteiger partial charge >= 0.3 is 5.97 Å². The highest BCUT2D eigenvalue weighted by atomic mass is 16.7. The molecule has 1 N–H and O–H groups in total. The molecule has 2 heterocycles. The van der Waals surface area contributed by atoms with Gasteiger partial charge in [0, 0.05) is 16.6 Å². The van der Waals surface area contributed by atoms with Gasteiger partial charge in [-0.25, -0.2) is 4.79 Å². The van der Waals surface area contributed by atoms with Gasteiger partial charge in [0.25, 0.3) is 11.8 Å². The van der Waals surface area contributed by atoms with Crippen molar-refractivity contribution in [2.24, 2.45) is 0 Å². The average Bonchev–Trinajstić information content (AvgIpc) is 3.05. The molecule has 1 aliphatic heterocycles. The number of hydrogen-bond donors (Lipinski definition) is 1. The molecule has 0 radical (unpaired) electrons. The molecule has 124 valence electrons. The van der Waals surface area contributed by atoms with Crippen molar-refractivity contribution in [3.63, 3.8) is 0 Å². The number of imide groups is 1. The number of nitrogens with one attached hydrogen (secondary N) is 1. The second kappa shape index (κ2) is 5.59. The number of fused-ring (bicyclic) bond motifs is 2. The maximum absolute atomic E-state index is 12.3. The zero-order valence-corrected chi connectivity index (χ0v) is 13.4. The molecule has 0 aliphatic carbocycles. The van der Waals surface area contributed by atoms with Crippen LogP contribution in [-0.4, -0.2) is 27.8 Å². The lowest BCUT2D eigenvalue weighted by molar-refractivity contribution is -0.167. The Balaban J connectivity index is 1.56. The zero-order valence-electron chi connectivity index (χ0n) is 13.4. The average molecular weight is 334 g/mol. The zero-order chi connectivity index (χ0) is 17.6. The highest BCUT2D eigenvalue weighted by Gasteiger charge is 2.38. The van der Waals surface area contributed by atoms with Crippen molar-refractivity contribution >= 4 is 28.7 Å². The predicted molar refractivity (Wildman–Crippen MR) is 89.8 cm³/mol. The van der Waals surface area contributed by atoms with Crippen LogP contribution >= 0.6 is 0 Å². The molecule has 0 saturated carbocycles. The van der Waals surface area contributed by atoms with E-state index in [0.29, 0.717) is 5.06 Å². The van der Waals surface area contributed by atoms with Crippen LogP contribution in [0.25, 0.3) is 10.9 Å². The normalized spacial score (nSPS) is 13.4. The Labute approximate surface area is 143 Å². The van der Waals surface area contributed by atoms with Crippen molar-refractivity contribution in [1.82, 2.24) is 10.0 Å². The summed E-state index contributed by atoms with van der Waals surface area (Å²) >= 11 is 0. The highest BCUT2D eigenvalue weighted by Crippen LogP contribution is 2.25. The van der Waals surface area contributed by atoms with Crippen molar-refractivity contribution in [3.8, 4) is 0 Å². The smallest absolute Gasteiger partial charge is 0.337 e. The first kappa shape index (κ1) is 15.1. The van der Waals surface area contributed by atoms with E-state index in [9.17, 15) is 14.4 Å². The number of nitrogens with zero attached hydrogens (tertiary/aromatic N) is 1. The van der Waals surface area contributed by atoms with Crippen LogP contribution in [0.2, 0.25) is 0 Å². The monoisotopic (exact) mass is 334 g/mol. The maximum atomic E-state index is 12.3. The molecule has 1 aromatic heterocycles. The van der Waals surface area contributed by atoms with Gasteiger partial charge in [-0.3, -0.25) is 9.59 Å². The van der Waals surface area contributed by atoms with Crippen molar-refractivity contribution in [1.29, 1.82) is 0 Å². The van der Waals surface area contributed by atoms with E-state index in [-0.39, 0.29) is 17.5 Å². The van der Waals surface area contributed by atoms with E-state index in [0.717, 1.165) is 22.2 Å². The van der Waals surface area contributed by atoms with Crippen LogP contribution in [0.1, 0.15) is 32.0 Å². The van der Waals surface area contributed by atoms with Gasteiger partial charge in [-0.15, -0.1) is 0 Å². The summed E-state index contributed by atoms with van der Waals surface area (Å²) in [6.07, 6.45) is -0.0384. The summed E-state index contributed by atoms with van der Waals surface area (Å²) in [5, 5.41) is 1.45. The number of hydrogen-bond acceptors (Lipinski definition) is 4. The van der Waals surface area contributed by atoms with E-state index in [1.165, 1.54) is 12.1 Å². The van der Waals surface area contributed by atoms with E-state index in [1.807, 2.05) is 31.2 Å². The first-order valence-electron chi connectivity index (χ1n) is 7.81. The maximum Gasteiger partial charge on any atom is 0.337 e. The molecule has 1 aliphatic rings. The van der Waals surface area contributed by atoms with Gasteiger partial charge in [0.05, 0.1) is 17.5 Å². The Morgan fingerprint density at radius 3 is 2.28 bits per heavy atom. The van der Waals surface area contributed by atoms with Gasteiger partial charge in [-0.1, -0.05) is 35.4 Å². The fourth-order valence-electron chi connectivity index (χ4n) is 3.09. The van der Waals surface area contributed by atoms with Crippen LogP contribution in [0.5, 0.6) is 0 Å². The summed E-state index contributed by atoms with van der Waals surface area (Å²) in [4.78, 5) is 45.1. The molecule has 6 heteroatoms. The second-order valence-corrected chi connectivity index (χ2v) is 5.86. The number of H-pyrrole nitrogens is 1. The van der Waals surface area contributed by atoms with Crippen LogP contribution in [0.15, 0.2) is 48.5 Å². The first-order valence-corrected chi connectivity index (χ1v) is 7.81. The Morgan fingerprint density at radius 2 is 1.60 bits per heavy atom. The number of aryl methyl sites for hydroxylation is 1. The minimum absolute atomic E-state index is 0.0384. The van der Waals surface area contributed by atoms with Crippen LogP contribution < -0.4 is 0 Å². The number of amides is 2. The van der Waals surface area contributed by atoms with Crippen molar-refractivity contribution < 1.29 is 19.2 Å². The minimum Gasteiger partial charge on any atom is -0.358 e. The third kappa shape index (κ3) is 2.39. The third-order valence-electron chi connectivity index (χ3n) is 4.30. The molecule has 2 aromatic carbocycles. The van der Waals surface area contributed by atoms with Gasteiger partial charge in [0.2, 0.25) is 0 Å². The number of aromatic amines is 1. The molecule has 25 heavy (non-hydrogen) atoms. The highest BCUT2D eigenvalue weighted by molar-refractivity contribution is 6.20. The molecule has 6 nitrogen and oxygen atoms in total. The number of aromatic nitrogens is 1. The summed E-state index contributed by atoms with van der Waals surface area (Å²) in [6.45, 7) is 1.87. The summed E-state index contributed by atoms with van der Waals surface area (Å²) in [5.74, 6) is -1.91. The van der Waals surface area contributed by atoms with Crippen LogP contribution in [0, 0.1) is 6.92 Å². The van der Waals surface area contributed by atoms with E-state index < -0.39 is 17.8 Å². The number of rotatable bonds is 3. The second-order valence-electron chi connectivity index (χ2n) is 5.86. The SMILES string of the molecule is Cc1[nH]c2ccccc2c1CC(=O)ON1C(=O)c2ccccc2C1=O. The molecule has 0 fully saturated rings. The molecular formula is C19H14N2O4. The fourth-order valence-corrected chi connectivity index (χ4v) is 3.09. The van der Waals surface area contributed by atoms with Gasteiger partial charge in [-0.05, 0) is 30.7 Å². The number of carbonyl (C=O) groups excluding carboxylic acids is 3.